The van der Waals surface area contributed by atoms with Crippen molar-refractivity contribution in [3.8, 4) is 17.2 Å². The number of hydrogen-bond donors (Lipinski definition) is 3. The van der Waals surface area contributed by atoms with E-state index in [0.29, 0.717) is 60.5 Å². The van der Waals surface area contributed by atoms with Crippen LogP contribution in [0.5, 0.6) is 17.2 Å². The molecular weight excluding hydrogens is 626 g/mol. The summed E-state index contributed by atoms with van der Waals surface area (Å²) in [6, 6.07) is 20.5. The molecule has 4 atom stereocenters. The van der Waals surface area contributed by atoms with Crippen molar-refractivity contribution in [2.45, 2.75) is 58.0 Å². The van der Waals surface area contributed by atoms with Crippen LogP contribution < -0.4 is 24.8 Å². The Hall–Kier alpha value is -4.90. The number of Topliss-reactive ketones (excluding diaryl/α,β-unsaturated/α-hetero) is 1. The second-order valence-electron chi connectivity index (χ2n) is 12.6. The Labute approximate surface area is 286 Å². The number of rotatable bonds is 12. The zero-order chi connectivity index (χ0) is 35.0. The van der Waals surface area contributed by atoms with Crippen LogP contribution in [0.3, 0.4) is 0 Å². The minimum absolute atomic E-state index is 0.0918. The summed E-state index contributed by atoms with van der Waals surface area (Å²) in [6.07, 6.45) is 2.64. The first-order valence-electron chi connectivity index (χ1n) is 16.9. The maximum Gasteiger partial charge on any atom is 0.260 e. The Balaban J connectivity index is 1.48. The number of piperidine rings is 1. The van der Waals surface area contributed by atoms with Crippen LogP contribution in [0.1, 0.15) is 57.9 Å². The number of benzene rings is 3. The molecule has 0 aromatic heterocycles. The van der Waals surface area contributed by atoms with Gasteiger partial charge in [-0.05, 0) is 82.0 Å². The van der Waals surface area contributed by atoms with E-state index in [2.05, 4.69) is 10.6 Å². The zero-order valence-corrected chi connectivity index (χ0v) is 28.3. The summed E-state index contributed by atoms with van der Waals surface area (Å²) in [5, 5.41) is 17.5. The van der Waals surface area contributed by atoms with Gasteiger partial charge in [-0.25, -0.2) is 0 Å². The van der Waals surface area contributed by atoms with Gasteiger partial charge in [0.25, 0.3) is 5.91 Å². The van der Waals surface area contributed by atoms with Gasteiger partial charge >= 0.3 is 0 Å². The van der Waals surface area contributed by atoms with E-state index in [0.717, 1.165) is 19.3 Å². The van der Waals surface area contributed by atoms with Gasteiger partial charge in [-0.3, -0.25) is 19.2 Å². The first-order valence-corrected chi connectivity index (χ1v) is 16.9. The normalized spacial score (nSPS) is 22.2. The van der Waals surface area contributed by atoms with Crippen molar-refractivity contribution in [3.63, 3.8) is 0 Å². The van der Waals surface area contributed by atoms with Crippen LogP contribution in [0.25, 0.3) is 0 Å². The molecule has 11 heteroatoms. The molecule has 3 aromatic rings. The van der Waals surface area contributed by atoms with Crippen LogP contribution in [-0.2, 0) is 19.2 Å². The molecule has 1 saturated carbocycles. The molecule has 0 bridgehead atoms. The molecule has 49 heavy (non-hydrogen) atoms. The summed E-state index contributed by atoms with van der Waals surface area (Å²) in [5.74, 6) is -4.13. The van der Waals surface area contributed by atoms with Crippen LogP contribution in [0.15, 0.2) is 72.8 Å². The van der Waals surface area contributed by atoms with Gasteiger partial charge in [0.05, 0.1) is 36.1 Å². The fourth-order valence-corrected chi connectivity index (χ4v) is 6.78. The van der Waals surface area contributed by atoms with Crippen molar-refractivity contribution in [2.75, 3.05) is 43.5 Å². The number of amides is 3. The topological polar surface area (TPSA) is 144 Å². The number of nitrogens with zero attached hydrogens (tertiary/aromatic N) is 1. The van der Waals surface area contributed by atoms with E-state index in [-0.39, 0.29) is 12.5 Å². The van der Waals surface area contributed by atoms with Crippen LogP contribution in [0.4, 0.5) is 11.4 Å². The van der Waals surface area contributed by atoms with E-state index >= 15 is 0 Å². The number of nitrogens with one attached hydrogen (secondary N) is 2. The Morgan fingerprint density at radius 1 is 0.796 bits per heavy atom. The van der Waals surface area contributed by atoms with Crippen LogP contribution in [0.2, 0.25) is 0 Å². The van der Waals surface area contributed by atoms with Gasteiger partial charge in [-0.15, -0.1) is 0 Å². The summed E-state index contributed by atoms with van der Waals surface area (Å²) in [7, 11) is 0. The van der Waals surface area contributed by atoms with E-state index < -0.39 is 47.4 Å². The molecule has 3 amide bonds. The summed E-state index contributed by atoms with van der Waals surface area (Å²) in [5.41, 5.74) is -0.552. The van der Waals surface area contributed by atoms with Crippen LogP contribution in [-0.4, -0.2) is 72.0 Å². The lowest BCUT2D eigenvalue weighted by atomic mass is 9.61. The van der Waals surface area contributed by atoms with Gasteiger partial charge < -0.3 is 34.9 Å². The first-order chi connectivity index (χ1) is 23.6. The van der Waals surface area contributed by atoms with E-state index in [1.54, 1.807) is 77.7 Å². The van der Waals surface area contributed by atoms with Crippen molar-refractivity contribution in [2.24, 2.45) is 11.8 Å². The third kappa shape index (κ3) is 8.40. The lowest BCUT2D eigenvalue weighted by Gasteiger charge is -2.44. The molecule has 2 fully saturated rings. The molecule has 4 unspecified atom stereocenters. The standard InChI is InChI=1S/C38H45N3O8/c1-4-47-30-15-9-7-13-27(30)39-36(44)34-29(42)23-38(3,46)35(37(45)40-28-14-8-10-16-31(28)48-5-2)33(34)25-17-19-26(20-18-25)49-24-32(43)41-21-11-6-12-22-41/h7-10,13-20,33-35,46H,4-6,11-12,21-24H2,1-3H3,(H,39,44)(H,40,45). The van der Waals surface area contributed by atoms with Gasteiger partial charge in [0.1, 0.15) is 28.9 Å². The lowest BCUT2D eigenvalue weighted by molar-refractivity contribution is -0.151. The van der Waals surface area contributed by atoms with Crippen molar-refractivity contribution in [1.29, 1.82) is 0 Å². The number of carbonyl (C=O) groups excluding carboxylic acids is 4. The van der Waals surface area contributed by atoms with E-state index in [4.69, 9.17) is 14.2 Å². The minimum atomic E-state index is -1.80. The Bertz CT molecular complexity index is 1630. The van der Waals surface area contributed by atoms with E-state index in [1.165, 1.54) is 6.92 Å². The molecule has 1 aliphatic heterocycles. The highest BCUT2D eigenvalue weighted by Crippen LogP contribution is 2.47. The third-order valence-electron chi connectivity index (χ3n) is 9.06. The molecule has 0 radical (unpaired) electrons. The molecule has 0 spiro atoms. The molecule has 2 aliphatic rings. The van der Waals surface area contributed by atoms with E-state index in [1.807, 2.05) is 13.8 Å². The molecule has 1 aliphatic carbocycles. The molecule has 1 saturated heterocycles. The second-order valence-corrected chi connectivity index (χ2v) is 12.6. The second kappa shape index (κ2) is 16.0. The van der Waals surface area contributed by atoms with Gasteiger partial charge in [0.2, 0.25) is 11.8 Å². The molecular formula is C38H45N3O8. The number of ether oxygens (including phenoxy) is 3. The number of ketones is 1. The fourth-order valence-electron chi connectivity index (χ4n) is 6.78. The summed E-state index contributed by atoms with van der Waals surface area (Å²) >= 11 is 0. The van der Waals surface area contributed by atoms with Crippen LogP contribution in [0, 0.1) is 11.8 Å². The van der Waals surface area contributed by atoms with Gasteiger partial charge in [0.15, 0.2) is 6.61 Å². The smallest absolute Gasteiger partial charge is 0.260 e. The lowest BCUT2D eigenvalue weighted by Crippen LogP contribution is -2.56. The molecule has 1 heterocycles. The quantitative estimate of drug-likeness (QED) is 0.223. The molecule has 3 N–H and O–H groups in total. The molecule has 11 nitrogen and oxygen atoms in total. The molecule has 3 aromatic carbocycles. The van der Waals surface area contributed by atoms with E-state index in [9.17, 15) is 24.3 Å². The molecule has 260 valence electrons. The summed E-state index contributed by atoms with van der Waals surface area (Å²) < 4.78 is 17.2. The average molecular weight is 672 g/mol. The fraction of sp³-hybridized carbons (Fsp3) is 0.421. The Kier molecular flexibility index (Phi) is 11.6. The maximum atomic E-state index is 14.2. The highest BCUT2D eigenvalue weighted by atomic mass is 16.5. The SMILES string of the molecule is CCOc1ccccc1NC(=O)C1C(=O)CC(C)(O)C(C(=O)Nc2ccccc2OCC)C1c1ccc(OCC(=O)N2CCCCC2)cc1. The Morgan fingerprint density at radius 3 is 1.92 bits per heavy atom. The monoisotopic (exact) mass is 671 g/mol. The Morgan fingerprint density at radius 2 is 1.35 bits per heavy atom. The third-order valence-corrected chi connectivity index (χ3v) is 9.06. The maximum absolute atomic E-state index is 14.2. The highest BCUT2D eigenvalue weighted by Gasteiger charge is 2.56. The number of hydrogen-bond acceptors (Lipinski definition) is 8. The summed E-state index contributed by atoms with van der Waals surface area (Å²) in [6.45, 7) is 7.14. The average Bonchev–Trinajstić information content (AvgIpc) is 3.09. The number of para-hydroxylation sites is 4. The highest BCUT2D eigenvalue weighted by molar-refractivity contribution is 6.11. The summed E-state index contributed by atoms with van der Waals surface area (Å²) in [4.78, 5) is 56.6. The molecule has 5 rings (SSSR count). The van der Waals surface area contributed by atoms with Crippen molar-refractivity contribution in [3.05, 3.63) is 78.4 Å². The van der Waals surface area contributed by atoms with Crippen LogP contribution >= 0.6 is 0 Å². The first kappa shape index (κ1) is 35.4. The number of anilines is 2. The number of carbonyl (C=O) groups is 4. The van der Waals surface area contributed by atoms with Gasteiger partial charge in [-0.2, -0.15) is 0 Å². The van der Waals surface area contributed by atoms with Gasteiger partial charge in [-0.1, -0.05) is 36.4 Å². The minimum Gasteiger partial charge on any atom is -0.492 e. The van der Waals surface area contributed by atoms with Crippen molar-refractivity contribution in [1.82, 2.24) is 4.90 Å². The zero-order valence-electron chi connectivity index (χ0n) is 28.3. The number of aliphatic hydroxyl groups is 1. The van der Waals surface area contributed by atoms with Gasteiger partial charge in [0, 0.05) is 25.4 Å². The van der Waals surface area contributed by atoms with Crippen molar-refractivity contribution >= 4 is 34.9 Å². The number of likely N-dealkylation sites (tertiary alicyclic amines) is 1. The largest absolute Gasteiger partial charge is 0.492 e. The predicted molar refractivity (Wildman–Crippen MR) is 185 cm³/mol. The predicted octanol–water partition coefficient (Wildman–Crippen LogP) is 5.19. The van der Waals surface area contributed by atoms with Crippen molar-refractivity contribution < 1.29 is 38.5 Å².